The number of hydrogen-bond acceptors (Lipinski definition) is 5. The third kappa shape index (κ3) is 4.68. The fourth-order valence-electron chi connectivity index (χ4n) is 2.29. The number of anilines is 1. The van der Waals surface area contributed by atoms with Gasteiger partial charge in [0, 0.05) is 25.7 Å². The van der Waals surface area contributed by atoms with Gasteiger partial charge in [-0.05, 0) is 18.1 Å². The molecule has 0 saturated heterocycles. The van der Waals surface area contributed by atoms with Gasteiger partial charge in [-0.1, -0.05) is 37.2 Å². The lowest BCUT2D eigenvalue weighted by Crippen LogP contribution is -2.27. The maximum atomic E-state index is 12.7. The third-order valence-corrected chi connectivity index (χ3v) is 3.41. The molecule has 2 aromatic rings. The van der Waals surface area contributed by atoms with Gasteiger partial charge >= 0.3 is 0 Å². The summed E-state index contributed by atoms with van der Waals surface area (Å²) in [5, 5.41) is 7.12. The normalized spacial score (nSPS) is 10.7. The molecule has 0 atom stereocenters. The van der Waals surface area contributed by atoms with Crippen LogP contribution in [0.1, 0.15) is 35.9 Å². The van der Waals surface area contributed by atoms with Crippen molar-refractivity contribution in [2.75, 3.05) is 18.9 Å². The van der Waals surface area contributed by atoms with Gasteiger partial charge in [0.1, 0.15) is 0 Å². The molecule has 0 unspecified atom stereocenters. The second-order valence-corrected chi connectivity index (χ2v) is 6.08. The van der Waals surface area contributed by atoms with Crippen molar-refractivity contribution in [2.45, 2.75) is 26.8 Å². The molecule has 0 fully saturated rings. The van der Waals surface area contributed by atoms with Gasteiger partial charge in [-0.3, -0.25) is 4.79 Å². The first-order valence-corrected chi connectivity index (χ1v) is 8.02. The van der Waals surface area contributed by atoms with E-state index in [1.165, 1.54) is 0 Å². The number of nitrogens with zero attached hydrogens (tertiary/aromatic N) is 3. The van der Waals surface area contributed by atoms with E-state index in [0.717, 1.165) is 12.1 Å². The van der Waals surface area contributed by atoms with Crippen molar-refractivity contribution >= 4 is 11.6 Å². The number of carbonyl (C=O) groups is 1. The average molecular weight is 328 g/mol. The Hall–Kier alpha value is -2.63. The van der Waals surface area contributed by atoms with Crippen LogP contribution in [0.15, 0.2) is 41.4 Å². The molecule has 2 rings (SSSR count). The lowest BCUT2D eigenvalue weighted by atomic mass is 10.1. The minimum atomic E-state index is -0.106. The molecule has 6 nitrogen and oxygen atoms in total. The molecule has 0 bridgehead atoms. The summed E-state index contributed by atoms with van der Waals surface area (Å²) in [5.41, 5.74) is 1.38. The van der Waals surface area contributed by atoms with Crippen molar-refractivity contribution < 1.29 is 9.32 Å². The van der Waals surface area contributed by atoms with Crippen molar-refractivity contribution in [3.8, 4) is 0 Å². The molecule has 0 radical (unpaired) electrons. The highest BCUT2D eigenvalue weighted by atomic mass is 16.5. The maximum Gasteiger partial charge on any atom is 0.256 e. The number of para-hydroxylation sites is 1. The summed E-state index contributed by atoms with van der Waals surface area (Å²) in [6.07, 6.45) is 2.51. The van der Waals surface area contributed by atoms with E-state index in [1.54, 1.807) is 24.1 Å². The van der Waals surface area contributed by atoms with Gasteiger partial charge in [0.15, 0.2) is 5.82 Å². The van der Waals surface area contributed by atoms with Gasteiger partial charge in [-0.25, -0.2) is 0 Å². The highest BCUT2D eigenvalue weighted by Gasteiger charge is 2.18. The lowest BCUT2D eigenvalue weighted by Gasteiger charge is -2.17. The molecule has 0 aliphatic heterocycles. The summed E-state index contributed by atoms with van der Waals surface area (Å²) < 4.78 is 5.23. The van der Waals surface area contributed by atoms with Crippen LogP contribution in [-0.2, 0) is 13.0 Å². The molecule has 1 N–H and O–H groups in total. The predicted molar refractivity (Wildman–Crippen MR) is 93.8 cm³/mol. The standard InChI is InChI=1S/C18H24N4O2/c1-5-10-19-15-9-7-6-8-14(15)18(23)22(4)12-17-20-16(21-24-17)11-13(2)3/h5-9,13,19H,1,10-12H2,2-4H3. The van der Waals surface area contributed by atoms with E-state index in [9.17, 15) is 4.79 Å². The van der Waals surface area contributed by atoms with Crippen LogP contribution in [0.5, 0.6) is 0 Å². The van der Waals surface area contributed by atoms with Gasteiger partial charge in [0.2, 0.25) is 5.89 Å². The number of benzene rings is 1. The van der Waals surface area contributed by atoms with Crippen molar-refractivity contribution in [1.82, 2.24) is 15.0 Å². The lowest BCUT2D eigenvalue weighted by molar-refractivity contribution is 0.0770. The Morgan fingerprint density at radius 2 is 2.17 bits per heavy atom. The predicted octanol–water partition coefficient (Wildman–Crippen LogP) is 3.14. The Balaban J connectivity index is 2.07. The van der Waals surface area contributed by atoms with E-state index >= 15 is 0 Å². The van der Waals surface area contributed by atoms with Gasteiger partial charge < -0.3 is 14.7 Å². The smallest absolute Gasteiger partial charge is 0.256 e. The van der Waals surface area contributed by atoms with E-state index < -0.39 is 0 Å². The molecule has 1 amide bonds. The first kappa shape index (κ1) is 17.7. The Morgan fingerprint density at radius 1 is 1.42 bits per heavy atom. The molecule has 0 aliphatic rings. The zero-order chi connectivity index (χ0) is 17.5. The average Bonchev–Trinajstić information content (AvgIpc) is 2.98. The number of hydrogen-bond donors (Lipinski definition) is 1. The summed E-state index contributed by atoms with van der Waals surface area (Å²) in [6.45, 7) is 8.74. The third-order valence-electron chi connectivity index (χ3n) is 3.41. The largest absolute Gasteiger partial charge is 0.381 e. The minimum Gasteiger partial charge on any atom is -0.381 e. The fourth-order valence-corrected chi connectivity index (χ4v) is 2.29. The molecular formula is C18H24N4O2. The van der Waals surface area contributed by atoms with E-state index in [1.807, 2.05) is 18.2 Å². The van der Waals surface area contributed by atoms with Crippen molar-refractivity contribution in [3.05, 3.63) is 54.2 Å². The zero-order valence-electron chi connectivity index (χ0n) is 14.5. The van der Waals surface area contributed by atoms with E-state index in [4.69, 9.17) is 4.52 Å². The Bertz CT molecular complexity index is 694. The Labute approximate surface area is 142 Å². The zero-order valence-corrected chi connectivity index (χ0v) is 14.5. The van der Waals surface area contributed by atoms with E-state index in [2.05, 4.69) is 35.9 Å². The quantitative estimate of drug-likeness (QED) is 0.754. The van der Waals surface area contributed by atoms with Crippen molar-refractivity contribution in [2.24, 2.45) is 5.92 Å². The van der Waals surface area contributed by atoms with E-state index in [-0.39, 0.29) is 12.5 Å². The molecule has 6 heteroatoms. The highest BCUT2D eigenvalue weighted by molar-refractivity contribution is 5.99. The second kappa shape index (κ2) is 8.29. The van der Waals surface area contributed by atoms with E-state index in [0.29, 0.717) is 29.7 Å². The summed E-state index contributed by atoms with van der Waals surface area (Å²) in [7, 11) is 1.72. The molecule has 0 aliphatic carbocycles. The van der Waals surface area contributed by atoms with Crippen LogP contribution < -0.4 is 5.32 Å². The first-order valence-electron chi connectivity index (χ1n) is 8.02. The fraction of sp³-hybridized carbons (Fsp3) is 0.389. The van der Waals surface area contributed by atoms with Crippen molar-refractivity contribution in [3.63, 3.8) is 0 Å². The molecule has 128 valence electrons. The summed E-state index contributed by atoms with van der Waals surface area (Å²) in [4.78, 5) is 18.6. The van der Waals surface area contributed by atoms with Gasteiger partial charge in [-0.2, -0.15) is 4.98 Å². The molecule has 1 heterocycles. The van der Waals surface area contributed by atoms with Crippen molar-refractivity contribution in [1.29, 1.82) is 0 Å². The number of amides is 1. The summed E-state index contributed by atoms with van der Waals surface area (Å²) >= 11 is 0. The van der Waals surface area contributed by atoms with Gasteiger partial charge in [0.25, 0.3) is 5.91 Å². The van der Waals surface area contributed by atoms with Crippen LogP contribution in [0, 0.1) is 5.92 Å². The molecule has 1 aromatic carbocycles. The van der Waals surface area contributed by atoms with Gasteiger partial charge in [-0.15, -0.1) is 6.58 Å². The first-order chi connectivity index (χ1) is 11.5. The molecule has 24 heavy (non-hydrogen) atoms. The molecule has 0 spiro atoms. The van der Waals surface area contributed by atoms with Crippen LogP contribution in [-0.4, -0.2) is 34.5 Å². The van der Waals surface area contributed by atoms with Crippen LogP contribution in [0.4, 0.5) is 5.69 Å². The van der Waals surface area contributed by atoms with Gasteiger partial charge in [0.05, 0.1) is 12.1 Å². The second-order valence-electron chi connectivity index (χ2n) is 6.08. The minimum absolute atomic E-state index is 0.106. The maximum absolute atomic E-state index is 12.7. The SMILES string of the molecule is C=CCNc1ccccc1C(=O)N(C)Cc1nc(CC(C)C)no1. The Morgan fingerprint density at radius 3 is 2.88 bits per heavy atom. The number of aromatic nitrogens is 2. The van der Waals surface area contributed by atoms with Crippen LogP contribution in [0.25, 0.3) is 0 Å². The molecule has 0 saturated carbocycles. The molecule has 1 aromatic heterocycles. The highest BCUT2D eigenvalue weighted by Crippen LogP contribution is 2.17. The number of nitrogens with one attached hydrogen (secondary N) is 1. The number of carbonyl (C=O) groups excluding carboxylic acids is 1. The van der Waals surface area contributed by atoms with Crippen LogP contribution in [0.2, 0.25) is 0 Å². The summed E-state index contributed by atoms with van der Waals surface area (Å²) in [5.74, 6) is 1.47. The topological polar surface area (TPSA) is 71.3 Å². The van der Waals surface area contributed by atoms with Crippen LogP contribution >= 0.6 is 0 Å². The van der Waals surface area contributed by atoms with Crippen LogP contribution in [0.3, 0.4) is 0 Å². The molecular weight excluding hydrogens is 304 g/mol. The Kier molecular flexibility index (Phi) is 6.12. The summed E-state index contributed by atoms with van der Waals surface area (Å²) in [6, 6.07) is 7.40. The number of rotatable bonds is 8. The monoisotopic (exact) mass is 328 g/mol.